The Morgan fingerprint density at radius 3 is 2.67 bits per heavy atom. The van der Waals surface area contributed by atoms with Crippen LogP contribution in [0.15, 0.2) is 24.3 Å². The van der Waals surface area contributed by atoms with E-state index in [9.17, 15) is 0 Å². The zero-order valence-electron chi connectivity index (χ0n) is 11.7. The van der Waals surface area contributed by atoms with Gasteiger partial charge in [-0.2, -0.15) is 0 Å². The van der Waals surface area contributed by atoms with Crippen molar-refractivity contribution >= 4 is 0 Å². The van der Waals surface area contributed by atoms with Gasteiger partial charge in [0.25, 0.3) is 0 Å². The van der Waals surface area contributed by atoms with E-state index in [0.717, 1.165) is 25.3 Å². The predicted molar refractivity (Wildman–Crippen MR) is 76.1 cm³/mol. The molecule has 2 heteroatoms. The van der Waals surface area contributed by atoms with Crippen molar-refractivity contribution in [2.24, 2.45) is 0 Å². The molecule has 0 radical (unpaired) electrons. The van der Waals surface area contributed by atoms with Crippen molar-refractivity contribution in [1.82, 2.24) is 5.32 Å². The summed E-state index contributed by atoms with van der Waals surface area (Å²) < 4.78 is 5.63. The molecule has 1 fully saturated rings. The number of benzene rings is 1. The van der Waals surface area contributed by atoms with Crippen molar-refractivity contribution in [2.75, 3.05) is 13.2 Å². The Morgan fingerprint density at radius 1 is 1.17 bits per heavy atom. The van der Waals surface area contributed by atoms with Crippen LogP contribution in [0.5, 0.6) is 5.75 Å². The summed E-state index contributed by atoms with van der Waals surface area (Å²) in [6.45, 7) is 6.38. The topological polar surface area (TPSA) is 21.3 Å². The number of ether oxygens (including phenoxy) is 1. The number of hydrogen-bond donors (Lipinski definition) is 1. The third kappa shape index (κ3) is 3.26. The third-order valence-electron chi connectivity index (χ3n) is 3.83. The summed E-state index contributed by atoms with van der Waals surface area (Å²) >= 11 is 0. The highest BCUT2D eigenvalue weighted by molar-refractivity contribution is 5.31. The maximum atomic E-state index is 5.63. The largest absolute Gasteiger partial charge is 0.494 e. The molecule has 1 aromatic carbocycles. The maximum absolute atomic E-state index is 5.63. The minimum absolute atomic E-state index is 0.139. The van der Waals surface area contributed by atoms with E-state index in [1.165, 1.54) is 31.2 Å². The molecule has 0 spiro atoms. The molecule has 1 N–H and O–H groups in total. The summed E-state index contributed by atoms with van der Waals surface area (Å²) in [7, 11) is 0. The molecule has 2 rings (SSSR count). The highest BCUT2D eigenvalue weighted by atomic mass is 16.5. The number of nitrogens with one attached hydrogen (secondary N) is 1. The zero-order chi connectivity index (χ0) is 12.8. The molecule has 1 unspecified atom stereocenters. The lowest BCUT2D eigenvalue weighted by Crippen LogP contribution is -2.38. The van der Waals surface area contributed by atoms with Crippen LogP contribution >= 0.6 is 0 Å². The van der Waals surface area contributed by atoms with Crippen molar-refractivity contribution in [2.45, 2.75) is 51.5 Å². The van der Waals surface area contributed by atoms with Crippen LogP contribution in [0.2, 0.25) is 0 Å². The summed E-state index contributed by atoms with van der Waals surface area (Å²) in [6, 6.07) is 8.62. The van der Waals surface area contributed by atoms with E-state index >= 15 is 0 Å². The average Bonchev–Trinajstić information content (AvgIpc) is 2.63. The SMILES string of the molecule is CCCOc1ccc(C2(C)CCCCCN2)cc1. The summed E-state index contributed by atoms with van der Waals surface area (Å²) in [6.07, 6.45) is 6.24. The Labute approximate surface area is 111 Å². The van der Waals surface area contributed by atoms with Crippen LogP contribution in [-0.2, 0) is 5.54 Å². The monoisotopic (exact) mass is 247 g/mol. The summed E-state index contributed by atoms with van der Waals surface area (Å²) in [4.78, 5) is 0. The third-order valence-corrected chi connectivity index (χ3v) is 3.83. The second-order valence-electron chi connectivity index (χ2n) is 5.44. The van der Waals surface area contributed by atoms with Crippen LogP contribution in [0, 0.1) is 0 Å². The quantitative estimate of drug-likeness (QED) is 0.872. The summed E-state index contributed by atoms with van der Waals surface area (Å²) in [5.74, 6) is 0.984. The normalized spacial score (nSPS) is 24.6. The van der Waals surface area contributed by atoms with E-state index in [4.69, 9.17) is 4.74 Å². The van der Waals surface area contributed by atoms with Gasteiger partial charge in [-0.3, -0.25) is 0 Å². The summed E-state index contributed by atoms with van der Waals surface area (Å²) in [5, 5.41) is 3.70. The van der Waals surface area contributed by atoms with Crippen molar-refractivity contribution < 1.29 is 4.74 Å². The molecule has 1 aliphatic heterocycles. The maximum Gasteiger partial charge on any atom is 0.119 e. The molecule has 0 aliphatic carbocycles. The van der Waals surface area contributed by atoms with Crippen LogP contribution in [0.3, 0.4) is 0 Å². The van der Waals surface area contributed by atoms with Crippen LogP contribution in [0.25, 0.3) is 0 Å². The van der Waals surface area contributed by atoms with Crippen molar-refractivity contribution in [3.8, 4) is 5.75 Å². The van der Waals surface area contributed by atoms with Gasteiger partial charge in [0.05, 0.1) is 6.61 Å². The van der Waals surface area contributed by atoms with Crippen LogP contribution in [-0.4, -0.2) is 13.2 Å². The minimum Gasteiger partial charge on any atom is -0.494 e. The molecule has 18 heavy (non-hydrogen) atoms. The molecule has 1 aromatic rings. The molecule has 0 amide bonds. The van der Waals surface area contributed by atoms with Gasteiger partial charge >= 0.3 is 0 Å². The second-order valence-corrected chi connectivity index (χ2v) is 5.44. The van der Waals surface area contributed by atoms with E-state index in [2.05, 4.69) is 43.4 Å². The summed E-state index contributed by atoms with van der Waals surface area (Å²) in [5.41, 5.74) is 1.52. The van der Waals surface area contributed by atoms with Gasteiger partial charge in [0, 0.05) is 5.54 Å². The zero-order valence-corrected chi connectivity index (χ0v) is 11.7. The first kappa shape index (κ1) is 13.4. The lowest BCUT2D eigenvalue weighted by atomic mass is 9.87. The second kappa shape index (κ2) is 6.24. The molecule has 0 saturated carbocycles. The lowest BCUT2D eigenvalue weighted by Gasteiger charge is -2.30. The van der Waals surface area contributed by atoms with Crippen molar-refractivity contribution in [1.29, 1.82) is 0 Å². The molecule has 100 valence electrons. The highest BCUT2D eigenvalue weighted by Crippen LogP contribution is 2.30. The van der Waals surface area contributed by atoms with Crippen molar-refractivity contribution in [3.63, 3.8) is 0 Å². The first-order valence-electron chi connectivity index (χ1n) is 7.23. The smallest absolute Gasteiger partial charge is 0.119 e. The molecule has 1 aliphatic rings. The molecule has 0 aromatic heterocycles. The van der Waals surface area contributed by atoms with Gasteiger partial charge in [0.1, 0.15) is 5.75 Å². The fraction of sp³-hybridized carbons (Fsp3) is 0.625. The minimum atomic E-state index is 0.139. The van der Waals surface area contributed by atoms with Gasteiger partial charge < -0.3 is 10.1 Å². The molecule has 1 atom stereocenters. The fourth-order valence-electron chi connectivity index (χ4n) is 2.62. The Balaban J connectivity index is 2.07. The van der Waals surface area contributed by atoms with Crippen LogP contribution in [0.4, 0.5) is 0 Å². The first-order valence-corrected chi connectivity index (χ1v) is 7.23. The van der Waals surface area contributed by atoms with E-state index in [0.29, 0.717) is 0 Å². The predicted octanol–water partition coefficient (Wildman–Crippen LogP) is 3.85. The average molecular weight is 247 g/mol. The van der Waals surface area contributed by atoms with E-state index in [1.54, 1.807) is 0 Å². The Morgan fingerprint density at radius 2 is 1.94 bits per heavy atom. The molecular formula is C16H25NO. The van der Waals surface area contributed by atoms with Crippen LogP contribution < -0.4 is 10.1 Å². The van der Waals surface area contributed by atoms with Gasteiger partial charge in [-0.15, -0.1) is 0 Å². The molecule has 1 heterocycles. The fourth-order valence-corrected chi connectivity index (χ4v) is 2.62. The first-order chi connectivity index (χ1) is 8.74. The standard InChI is InChI=1S/C16H25NO/c1-3-13-18-15-9-7-14(8-10-15)16(2)11-5-4-6-12-17-16/h7-10,17H,3-6,11-13H2,1-2H3. The van der Waals surface area contributed by atoms with Gasteiger partial charge in [-0.25, -0.2) is 0 Å². The number of rotatable bonds is 4. The Hall–Kier alpha value is -1.02. The van der Waals surface area contributed by atoms with Crippen LogP contribution in [0.1, 0.15) is 51.5 Å². The Kier molecular flexibility index (Phi) is 4.65. The lowest BCUT2D eigenvalue weighted by molar-refractivity contribution is 0.316. The highest BCUT2D eigenvalue weighted by Gasteiger charge is 2.26. The molecule has 1 saturated heterocycles. The van der Waals surface area contributed by atoms with E-state index in [1.807, 2.05) is 0 Å². The van der Waals surface area contributed by atoms with Crippen molar-refractivity contribution in [3.05, 3.63) is 29.8 Å². The van der Waals surface area contributed by atoms with Gasteiger partial charge in [0.2, 0.25) is 0 Å². The molecule has 2 nitrogen and oxygen atoms in total. The van der Waals surface area contributed by atoms with Gasteiger partial charge in [-0.05, 0) is 50.4 Å². The number of hydrogen-bond acceptors (Lipinski definition) is 2. The molecular weight excluding hydrogens is 222 g/mol. The Bertz CT molecular complexity index is 350. The molecule has 0 bridgehead atoms. The van der Waals surface area contributed by atoms with Gasteiger partial charge in [0.15, 0.2) is 0 Å². The van der Waals surface area contributed by atoms with E-state index < -0.39 is 0 Å². The van der Waals surface area contributed by atoms with Gasteiger partial charge in [-0.1, -0.05) is 31.9 Å². The van der Waals surface area contributed by atoms with E-state index in [-0.39, 0.29) is 5.54 Å².